The number of hydrogen-bond acceptors (Lipinski definition) is 2. The number of benzene rings is 1. The van der Waals surface area contributed by atoms with Crippen molar-refractivity contribution >= 4 is 10.9 Å². The minimum atomic E-state index is 0.854. The number of nitrogens with zero attached hydrogens (tertiary/aromatic N) is 1. The highest BCUT2D eigenvalue weighted by atomic mass is 16.5. The Balaban J connectivity index is 2.03. The highest BCUT2D eigenvalue weighted by Crippen LogP contribution is 2.22. The number of ether oxygens (including phenoxy) is 1. The van der Waals surface area contributed by atoms with Gasteiger partial charge in [-0.2, -0.15) is 0 Å². The van der Waals surface area contributed by atoms with Crippen LogP contribution in [0.1, 0.15) is 31.7 Å². The second-order valence-corrected chi connectivity index (χ2v) is 5.56. The largest absolute Gasteiger partial charge is 0.385 e. The molecule has 0 amide bonds. The average molecular weight is 288 g/mol. The maximum Gasteiger partial charge on any atom is 0.0483 e. The van der Waals surface area contributed by atoms with Gasteiger partial charge in [0.05, 0.1) is 0 Å². The fourth-order valence-corrected chi connectivity index (χ4v) is 2.76. The van der Waals surface area contributed by atoms with Gasteiger partial charge < -0.3 is 14.6 Å². The summed E-state index contributed by atoms with van der Waals surface area (Å²) in [5.41, 5.74) is 2.82. The van der Waals surface area contributed by atoms with Crippen molar-refractivity contribution in [3.8, 4) is 0 Å². The lowest BCUT2D eigenvalue weighted by molar-refractivity contribution is 0.191. The zero-order valence-corrected chi connectivity index (χ0v) is 13.4. The molecule has 0 spiro atoms. The van der Waals surface area contributed by atoms with E-state index in [1.807, 2.05) is 0 Å². The van der Waals surface area contributed by atoms with Crippen LogP contribution in [0.3, 0.4) is 0 Å². The summed E-state index contributed by atoms with van der Waals surface area (Å²) in [7, 11) is 1.77. The Hall–Kier alpha value is -1.32. The van der Waals surface area contributed by atoms with Gasteiger partial charge in [0.2, 0.25) is 0 Å². The van der Waals surface area contributed by atoms with Crippen LogP contribution in [-0.2, 0) is 17.7 Å². The van der Waals surface area contributed by atoms with Crippen molar-refractivity contribution in [1.29, 1.82) is 0 Å². The molecule has 0 unspecified atom stereocenters. The highest BCUT2D eigenvalue weighted by Gasteiger charge is 2.07. The Morgan fingerprint density at radius 2 is 2.00 bits per heavy atom. The second kappa shape index (κ2) is 8.85. The molecule has 0 aliphatic rings. The monoisotopic (exact) mass is 288 g/mol. The van der Waals surface area contributed by atoms with E-state index < -0.39 is 0 Å². The van der Waals surface area contributed by atoms with Crippen molar-refractivity contribution < 1.29 is 4.74 Å². The van der Waals surface area contributed by atoms with Crippen molar-refractivity contribution in [3.63, 3.8) is 0 Å². The number of aromatic nitrogens is 1. The first kappa shape index (κ1) is 16.1. The minimum Gasteiger partial charge on any atom is -0.385 e. The van der Waals surface area contributed by atoms with E-state index in [0.29, 0.717) is 0 Å². The van der Waals surface area contributed by atoms with Gasteiger partial charge in [0.15, 0.2) is 0 Å². The number of aryl methyl sites for hydroxylation is 1. The quantitative estimate of drug-likeness (QED) is 0.676. The van der Waals surface area contributed by atoms with Crippen LogP contribution in [-0.4, -0.2) is 31.4 Å². The summed E-state index contributed by atoms with van der Waals surface area (Å²) in [5, 5.41) is 4.90. The van der Waals surface area contributed by atoms with E-state index in [2.05, 4.69) is 47.3 Å². The van der Waals surface area contributed by atoms with Crippen LogP contribution >= 0.6 is 0 Å². The van der Waals surface area contributed by atoms with E-state index in [4.69, 9.17) is 4.74 Å². The van der Waals surface area contributed by atoms with Gasteiger partial charge in [-0.05, 0) is 50.4 Å². The van der Waals surface area contributed by atoms with Crippen molar-refractivity contribution in [2.45, 2.75) is 39.2 Å². The van der Waals surface area contributed by atoms with Crippen molar-refractivity contribution in [2.75, 3.05) is 26.8 Å². The third kappa shape index (κ3) is 4.58. The number of rotatable bonds is 10. The minimum absolute atomic E-state index is 0.854. The number of hydrogen-bond donors (Lipinski definition) is 1. The van der Waals surface area contributed by atoms with Gasteiger partial charge in [0, 0.05) is 37.4 Å². The molecule has 0 bridgehead atoms. The van der Waals surface area contributed by atoms with Crippen LogP contribution in [0.25, 0.3) is 10.9 Å². The predicted octanol–water partition coefficient (Wildman–Crippen LogP) is 3.61. The van der Waals surface area contributed by atoms with Crippen LogP contribution in [0, 0.1) is 0 Å². The smallest absolute Gasteiger partial charge is 0.0483 e. The van der Waals surface area contributed by atoms with E-state index in [-0.39, 0.29) is 0 Å². The zero-order valence-electron chi connectivity index (χ0n) is 13.4. The van der Waals surface area contributed by atoms with Gasteiger partial charge in [0.1, 0.15) is 0 Å². The normalized spacial score (nSPS) is 11.3. The molecule has 1 heterocycles. The molecule has 2 aromatic rings. The zero-order chi connectivity index (χ0) is 14.9. The molecule has 0 aliphatic heterocycles. The van der Waals surface area contributed by atoms with Gasteiger partial charge >= 0.3 is 0 Å². The number of methoxy groups -OCH3 is 1. The number of para-hydroxylation sites is 1. The van der Waals surface area contributed by atoms with Gasteiger partial charge in [0.25, 0.3) is 0 Å². The van der Waals surface area contributed by atoms with Gasteiger partial charge in [-0.1, -0.05) is 25.1 Å². The summed E-state index contributed by atoms with van der Waals surface area (Å²) < 4.78 is 7.53. The number of fused-ring (bicyclic) bond motifs is 1. The summed E-state index contributed by atoms with van der Waals surface area (Å²) in [6.07, 6.45) is 6.92. The maximum atomic E-state index is 5.13. The third-order valence-electron chi connectivity index (χ3n) is 3.87. The molecule has 0 radical (unpaired) electrons. The molecule has 2 rings (SSSR count). The molecule has 0 saturated heterocycles. The molecule has 3 nitrogen and oxygen atoms in total. The maximum absolute atomic E-state index is 5.13. The summed E-state index contributed by atoms with van der Waals surface area (Å²) in [5.74, 6) is 0. The van der Waals surface area contributed by atoms with Gasteiger partial charge in [-0.25, -0.2) is 0 Å². The second-order valence-electron chi connectivity index (χ2n) is 5.56. The summed E-state index contributed by atoms with van der Waals surface area (Å²) in [4.78, 5) is 0. The Kier molecular flexibility index (Phi) is 6.77. The lowest BCUT2D eigenvalue weighted by Gasteiger charge is -2.04. The van der Waals surface area contributed by atoms with Crippen LogP contribution in [0.2, 0.25) is 0 Å². The third-order valence-corrected chi connectivity index (χ3v) is 3.87. The van der Waals surface area contributed by atoms with E-state index in [0.717, 1.165) is 39.1 Å². The lowest BCUT2D eigenvalue weighted by atomic mass is 10.1. The molecule has 1 aromatic carbocycles. The standard InChI is InChI=1S/C18H28N2O/c1-3-11-19-12-10-16-15-20(13-6-7-14-21-2)18-9-5-4-8-17(16)18/h4-5,8-9,15,19H,3,6-7,10-14H2,1-2H3. The first-order valence-corrected chi connectivity index (χ1v) is 8.13. The molecular weight excluding hydrogens is 260 g/mol. The molecule has 21 heavy (non-hydrogen) atoms. The van der Waals surface area contributed by atoms with Crippen LogP contribution in [0.4, 0.5) is 0 Å². The SMILES string of the molecule is CCCNCCc1cn(CCCCOC)c2ccccc12. The Morgan fingerprint density at radius 3 is 2.81 bits per heavy atom. The van der Waals surface area contributed by atoms with Crippen molar-refractivity contribution in [3.05, 3.63) is 36.0 Å². The number of unbranched alkanes of at least 4 members (excludes halogenated alkanes) is 1. The molecule has 0 fully saturated rings. The Morgan fingerprint density at radius 1 is 1.14 bits per heavy atom. The van der Waals surface area contributed by atoms with Crippen molar-refractivity contribution in [2.24, 2.45) is 0 Å². The number of nitrogens with one attached hydrogen (secondary N) is 1. The molecular formula is C18H28N2O. The molecule has 1 aromatic heterocycles. The van der Waals surface area contributed by atoms with Crippen molar-refractivity contribution in [1.82, 2.24) is 9.88 Å². The van der Waals surface area contributed by atoms with Crippen LogP contribution in [0.15, 0.2) is 30.5 Å². The Bertz CT molecular complexity index is 487. The molecule has 1 N–H and O–H groups in total. The molecule has 0 aliphatic carbocycles. The van der Waals surface area contributed by atoms with Crippen LogP contribution < -0.4 is 5.32 Å². The predicted molar refractivity (Wildman–Crippen MR) is 89.9 cm³/mol. The lowest BCUT2D eigenvalue weighted by Crippen LogP contribution is -2.17. The van der Waals surface area contributed by atoms with E-state index in [1.165, 1.54) is 29.3 Å². The summed E-state index contributed by atoms with van der Waals surface area (Å²) >= 11 is 0. The van der Waals surface area contributed by atoms with Gasteiger partial charge in [-0.15, -0.1) is 0 Å². The average Bonchev–Trinajstić information content (AvgIpc) is 2.87. The van der Waals surface area contributed by atoms with E-state index in [1.54, 1.807) is 7.11 Å². The summed E-state index contributed by atoms with van der Waals surface area (Å²) in [6, 6.07) is 8.75. The summed E-state index contributed by atoms with van der Waals surface area (Å²) in [6.45, 7) is 6.30. The highest BCUT2D eigenvalue weighted by molar-refractivity contribution is 5.84. The van der Waals surface area contributed by atoms with E-state index >= 15 is 0 Å². The van der Waals surface area contributed by atoms with Gasteiger partial charge in [-0.3, -0.25) is 0 Å². The first-order valence-electron chi connectivity index (χ1n) is 8.13. The van der Waals surface area contributed by atoms with Crippen LogP contribution in [0.5, 0.6) is 0 Å². The Labute approximate surface area is 128 Å². The first-order chi connectivity index (χ1) is 10.4. The topological polar surface area (TPSA) is 26.2 Å². The molecule has 0 atom stereocenters. The molecule has 3 heteroatoms. The fourth-order valence-electron chi connectivity index (χ4n) is 2.76. The fraction of sp³-hybridized carbons (Fsp3) is 0.556. The van der Waals surface area contributed by atoms with E-state index in [9.17, 15) is 0 Å². The molecule has 116 valence electrons. The molecule has 0 saturated carbocycles.